The van der Waals surface area contributed by atoms with Gasteiger partial charge in [-0.15, -0.1) is 0 Å². The van der Waals surface area contributed by atoms with Crippen LogP contribution in [-0.4, -0.2) is 16.9 Å². The first-order valence-corrected chi connectivity index (χ1v) is 6.65. The second kappa shape index (κ2) is 4.05. The molecule has 1 aromatic carbocycles. The van der Waals surface area contributed by atoms with Gasteiger partial charge in [0.2, 0.25) is 5.91 Å². The maximum Gasteiger partial charge on any atom is 0.307 e. The van der Waals surface area contributed by atoms with E-state index in [-0.39, 0.29) is 23.6 Å². The van der Waals surface area contributed by atoms with Crippen LogP contribution in [0.1, 0.15) is 19.3 Å². The van der Waals surface area contributed by atoms with Crippen molar-refractivity contribution < 1.29 is 9.72 Å². The number of hydrogen-bond acceptors (Lipinski definition) is 3. The fraction of sp³-hybridized carbons (Fsp3) is 0.417. The Hall–Kier alpha value is -1.43. The molecule has 2 atom stereocenters. The predicted octanol–water partition coefficient (Wildman–Crippen LogP) is 2.87. The minimum atomic E-state index is -0.432. The minimum Gasteiger partial charge on any atom is -0.303 e. The van der Waals surface area contributed by atoms with Gasteiger partial charge < -0.3 is 4.90 Å². The maximum atomic E-state index is 12.1. The number of rotatable bonds is 2. The van der Waals surface area contributed by atoms with Gasteiger partial charge in [-0.3, -0.25) is 14.9 Å². The molecule has 18 heavy (non-hydrogen) atoms. The monoisotopic (exact) mass is 310 g/mol. The molecule has 0 radical (unpaired) electrons. The van der Waals surface area contributed by atoms with Gasteiger partial charge in [-0.2, -0.15) is 0 Å². The van der Waals surface area contributed by atoms with E-state index in [1.54, 1.807) is 23.1 Å². The molecule has 6 heteroatoms. The Bertz CT molecular complexity index is 546. The van der Waals surface area contributed by atoms with Crippen molar-refractivity contribution in [1.82, 2.24) is 0 Å². The molecule has 1 amide bonds. The molecule has 2 aliphatic rings. The highest BCUT2D eigenvalue weighted by atomic mass is 79.9. The molecule has 0 aromatic heterocycles. The normalized spacial score (nSPS) is 25.8. The molecule has 1 heterocycles. The summed E-state index contributed by atoms with van der Waals surface area (Å²) in [6, 6.07) is 5.14. The average molecular weight is 311 g/mol. The summed E-state index contributed by atoms with van der Waals surface area (Å²) >= 11 is 3.19. The number of amides is 1. The van der Waals surface area contributed by atoms with Gasteiger partial charge >= 0.3 is 5.69 Å². The molecular weight excluding hydrogens is 300 g/mol. The Labute approximate surface area is 112 Å². The van der Waals surface area contributed by atoms with Crippen LogP contribution in [0, 0.1) is 16.0 Å². The number of halogens is 1. The number of nitrogens with zero attached hydrogens (tertiary/aromatic N) is 2. The lowest BCUT2D eigenvalue weighted by Gasteiger charge is -2.26. The van der Waals surface area contributed by atoms with Crippen molar-refractivity contribution in [3.8, 4) is 0 Å². The first-order valence-electron chi connectivity index (χ1n) is 5.85. The van der Waals surface area contributed by atoms with Gasteiger partial charge in [-0.05, 0) is 47.3 Å². The molecule has 0 spiro atoms. The number of hydrogen-bond donors (Lipinski definition) is 0. The van der Waals surface area contributed by atoms with E-state index in [0.29, 0.717) is 10.2 Å². The fourth-order valence-corrected chi connectivity index (χ4v) is 3.49. The molecule has 2 bridgehead atoms. The van der Waals surface area contributed by atoms with E-state index in [1.165, 1.54) is 0 Å². The lowest BCUT2D eigenvalue weighted by Crippen LogP contribution is -2.37. The Kier molecular flexibility index (Phi) is 2.62. The lowest BCUT2D eigenvalue weighted by molar-refractivity contribution is -0.384. The smallest absolute Gasteiger partial charge is 0.303 e. The number of nitro groups is 1. The number of anilines is 1. The molecule has 3 rings (SSSR count). The lowest BCUT2D eigenvalue weighted by atomic mass is 10.1. The maximum absolute atomic E-state index is 12.1. The summed E-state index contributed by atoms with van der Waals surface area (Å²) in [5.74, 6) is 0.0982. The molecule has 5 nitrogen and oxygen atoms in total. The highest BCUT2D eigenvalue weighted by Gasteiger charge is 2.47. The van der Waals surface area contributed by atoms with Crippen LogP contribution in [0.4, 0.5) is 11.4 Å². The van der Waals surface area contributed by atoms with Crippen molar-refractivity contribution >= 4 is 33.2 Å². The number of carbonyl (C=O) groups excluding carboxylic acids is 1. The van der Waals surface area contributed by atoms with E-state index in [4.69, 9.17) is 0 Å². The van der Waals surface area contributed by atoms with E-state index in [1.807, 2.05) is 0 Å². The minimum absolute atomic E-state index is 0.0154. The molecule has 0 unspecified atom stereocenters. The van der Waals surface area contributed by atoms with Gasteiger partial charge in [-0.25, -0.2) is 0 Å². The van der Waals surface area contributed by atoms with Crippen molar-refractivity contribution in [2.75, 3.05) is 4.90 Å². The van der Waals surface area contributed by atoms with Crippen LogP contribution >= 0.6 is 15.9 Å². The molecule has 94 valence electrons. The van der Waals surface area contributed by atoms with Crippen molar-refractivity contribution in [1.29, 1.82) is 0 Å². The Morgan fingerprint density at radius 3 is 2.78 bits per heavy atom. The third-order valence-electron chi connectivity index (χ3n) is 3.76. The Balaban J connectivity index is 2.10. The molecule has 1 aliphatic carbocycles. The van der Waals surface area contributed by atoms with E-state index < -0.39 is 4.92 Å². The van der Waals surface area contributed by atoms with Crippen molar-refractivity contribution in [2.24, 2.45) is 5.92 Å². The zero-order valence-electron chi connectivity index (χ0n) is 9.51. The molecule has 1 saturated heterocycles. The number of carbonyl (C=O) groups is 1. The molecule has 2 fully saturated rings. The largest absolute Gasteiger partial charge is 0.307 e. The third-order valence-corrected chi connectivity index (χ3v) is 4.40. The van der Waals surface area contributed by atoms with Crippen LogP contribution in [-0.2, 0) is 4.79 Å². The van der Waals surface area contributed by atoms with Crippen LogP contribution in [0.3, 0.4) is 0 Å². The second-order valence-electron chi connectivity index (χ2n) is 4.74. The number of nitro benzene ring substituents is 1. The average Bonchev–Trinajstić information content (AvgIpc) is 2.88. The molecule has 1 aliphatic heterocycles. The number of piperidine rings is 1. The van der Waals surface area contributed by atoms with Crippen LogP contribution in [0.5, 0.6) is 0 Å². The molecule has 1 saturated carbocycles. The summed E-state index contributed by atoms with van der Waals surface area (Å²) in [4.78, 5) is 24.5. The van der Waals surface area contributed by atoms with Gasteiger partial charge in [0.1, 0.15) is 5.69 Å². The summed E-state index contributed by atoms with van der Waals surface area (Å²) in [5.41, 5.74) is 0.407. The first kappa shape index (κ1) is 11.6. The van der Waals surface area contributed by atoms with Crippen molar-refractivity contribution in [3.05, 3.63) is 32.8 Å². The third kappa shape index (κ3) is 1.55. The van der Waals surface area contributed by atoms with Gasteiger partial charge in [-0.1, -0.05) is 6.07 Å². The van der Waals surface area contributed by atoms with Crippen molar-refractivity contribution in [3.63, 3.8) is 0 Å². The first-order chi connectivity index (χ1) is 8.59. The second-order valence-corrected chi connectivity index (χ2v) is 5.59. The highest BCUT2D eigenvalue weighted by molar-refractivity contribution is 9.10. The quantitative estimate of drug-likeness (QED) is 0.623. The summed E-state index contributed by atoms with van der Waals surface area (Å²) in [7, 11) is 0. The fourth-order valence-electron chi connectivity index (χ4n) is 2.99. The van der Waals surface area contributed by atoms with Crippen LogP contribution in [0.2, 0.25) is 0 Å². The van der Waals surface area contributed by atoms with Gasteiger partial charge in [0, 0.05) is 12.0 Å². The van der Waals surface area contributed by atoms with Gasteiger partial charge in [0.05, 0.1) is 9.40 Å². The Morgan fingerprint density at radius 1 is 1.39 bits per heavy atom. The number of benzene rings is 1. The van der Waals surface area contributed by atoms with E-state index >= 15 is 0 Å². The predicted molar refractivity (Wildman–Crippen MR) is 69.4 cm³/mol. The summed E-state index contributed by atoms with van der Waals surface area (Å²) in [6.07, 6.45) is 2.70. The van der Waals surface area contributed by atoms with Gasteiger partial charge in [0.15, 0.2) is 0 Å². The highest BCUT2D eigenvalue weighted by Crippen LogP contribution is 2.45. The summed E-state index contributed by atoms with van der Waals surface area (Å²) < 4.78 is 0.417. The molecule has 0 N–H and O–H groups in total. The van der Waals surface area contributed by atoms with Crippen LogP contribution in [0.15, 0.2) is 22.7 Å². The van der Waals surface area contributed by atoms with Crippen molar-refractivity contribution in [2.45, 2.75) is 25.3 Å². The zero-order chi connectivity index (χ0) is 12.9. The number of para-hydroxylation sites is 1. The Morgan fingerprint density at radius 2 is 2.17 bits per heavy atom. The molecule has 1 aromatic rings. The van der Waals surface area contributed by atoms with Crippen LogP contribution in [0.25, 0.3) is 0 Å². The zero-order valence-corrected chi connectivity index (χ0v) is 11.1. The summed E-state index contributed by atoms with van der Waals surface area (Å²) in [5, 5.41) is 11.1. The van der Waals surface area contributed by atoms with E-state index in [9.17, 15) is 14.9 Å². The molecular formula is C12H11BrN2O3. The standard InChI is InChI=1S/C12H11BrN2O3/c13-9-2-1-3-10(11(9)15(17)18)14-8-5-4-7(6-8)12(14)16/h1-3,7-8H,4-6H2/t7-,8+/m1/s1. The summed E-state index contributed by atoms with van der Waals surface area (Å²) in [6.45, 7) is 0. The van der Waals surface area contributed by atoms with Gasteiger partial charge in [0.25, 0.3) is 0 Å². The van der Waals surface area contributed by atoms with E-state index in [0.717, 1.165) is 19.3 Å². The number of fused-ring (bicyclic) bond motifs is 2. The van der Waals surface area contributed by atoms with Crippen LogP contribution < -0.4 is 4.90 Å². The van der Waals surface area contributed by atoms with E-state index in [2.05, 4.69) is 15.9 Å². The topological polar surface area (TPSA) is 63.5 Å². The SMILES string of the molecule is O=C1[C@@H]2CC[C@@H](C2)N1c1cccc(Br)c1[N+](=O)[O-].